The van der Waals surface area contributed by atoms with Gasteiger partial charge in [-0.1, -0.05) is 26.0 Å². The van der Waals surface area contributed by atoms with Crippen LogP contribution in [0, 0.1) is 5.92 Å². The van der Waals surface area contributed by atoms with Crippen LogP contribution in [0.1, 0.15) is 63.5 Å². The van der Waals surface area contributed by atoms with Crippen LogP contribution in [0.3, 0.4) is 0 Å². The van der Waals surface area contributed by atoms with Crippen molar-refractivity contribution in [3.63, 3.8) is 0 Å². The van der Waals surface area contributed by atoms with Crippen molar-refractivity contribution in [3.8, 4) is 11.1 Å². The van der Waals surface area contributed by atoms with Crippen LogP contribution in [0.25, 0.3) is 17.2 Å². The van der Waals surface area contributed by atoms with Crippen LogP contribution in [0.5, 0.6) is 0 Å². The Kier molecular flexibility index (Phi) is 8.78. The van der Waals surface area contributed by atoms with Crippen LogP contribution in [-0.2, 0) is 7.05 Å². The highest BCUT2D eigenvalue weighted by atomic mass is 16.1. The summed E-state index contributed by atoms with van der Waals surface area (Å²) < 4.78 is 1.74. The van der Waals surface area contributed by atoms with Crippen molar-refractivity contribution in [3.05, 3.63) is 65.4 Å². The van der Waals surface area contributed by atoms with Crippen LogP contribution in [0.2, 0.25) is 0 Å². The van der Waals surface area contributed by atoms with Gasteiger partial charge < -0.3 is 5.32 Å². The topological polar surface area (TPSA) is 59.8 Å². The molecule has 0 aromatic carbocycles. The number of ketones is 1. The van der Waals surface area contributed by atoms with E-state index >= 15 is 0 Å². The SMILES string of the molecule is C/C=C\c1ncc(-c2cnn(C)c2)cc1C(=O)C(/C=C(\C)NCCCC(C)C)=C/C. The predicted octanol–water partition coefficient (Wildman–Crippen LogP) is 5.57. The van der Waals surface area contributed by atoms with Gasteiger partial charge in [0.2, 0.25) is 0 Å². The van der Waals surface area contributed by atoms with Gasteiger partial charge in [0.15, 0.2) is 5.78 Å². The highest BCUT2D eigenvalue weighted by Crippen LogP contribution is 2.23. The molecule has 5 nitrogen and oxygen atoms in total. The fourth-order valence-electron chi connectivity index (χ4n) is 3.19. The third-order valence-corrected chi connectivity index (χ3v) is 4.83. The summed E-state index contributed by atoms with van der Waals surface area (Å²) in [7, 11) is 1.87. The molecule has 2 heterocycles. The summed E-state index contributed by atoms with van der Waals surface area (Å²) in [4.78, 5) is 17.9. The third-order valence-electron chi connectivity index (χ3n) is 4.83. The largest absolute Gasteiger partial charge is 0.389 e. The van der Waals surface area contributed by atoms with Crippen molar-refractivity contribution in [2.45, 2.75) is 47.5 Å². The molecular formula is C25H34N4O. The zero-order valence-corrected chi connectivity index (χ0v) is 19.1. The number of Topliss-reactive ketones (excluding diaryl/α,β-unsaturated/α-hetero) is 1. The number of pyridine rings is 1. The lowest BCUT2D eigenvalue weighted by atomic mass is 9.97. The number of hydrogen-bond acceptors (Lipinski definition) is 4. The normalized spacial score (nSPS) is 12.8. The molecule has 0 unspecified atom stereocenters. The lowest BCUT2D eigenvalue weighted by Gasteiger charge is -2.11. The van der Waals surface area contributed by atoms with E-state index in [1.54, 1.807) is 17.1 Å². The maximum atomic E-state index is 13.4. The highest BCUT2D eigenvalue weighted by Gasteiger charge is 2.16. The van der Waals surface area contributed by atoms with E-state index in [4.69, 9.17) is 0 Å². The molecule has 1 N–H and O–H groups in total. The average molecular weight is 407 g/mol. The number of allylic oxidation sites excluding steroid dienone is 5. The molecule has 0 aliphatic rings. The summed E-state index contributed by atoms with van der Waals surface area (Å²) in [6.45, 7) is 11.2. The summed E-state index contributed by atoms with van der Waals surface area (Å²) in [5.74, 6) is 0.667. The molecule has 0 saturated heterocycles. The van der Waals surface area contributed by atoms with Gasteiger partial charge in [0.25, 0.3) is 0 Å². The van der Waals surface area contributed by atoms with Crippen LogP contribution in [0.15, 0.2) is 54.2 Å². The van der Waals surface area contributed by atoms with E-state index in [-0.39, 0.29) is 5.78 Å². The summed E-state index contributed by atoms with van der Waals surface area (Å²) in [5.41, 5.74) is 4.72. The second-order valence-corrected chi connectivity index (χ2v) is 7.92. The van der Waals surface area contributed by atoms with Crippen LogP contribution >= 0.6 is 0 Å². The van der Waals surface area contributed by atoms with Gasteiger partial charge in [0, 0.05) is 53.9 Å². The van der Waals surface area contributed by atoms with Crippen LogP contribution < -0.4 is 5.32 Å². The zero-order valence-electron chi connectivity index (χ0n) is 19.1. The van der Waals surface area contributed by atoms with E-state index in [0.717, 1.165) is 29.8 Å². The van der Waals surface area contributed by atoms with Crippen molar-refractivity contribution in [1.82, 2.24) is 20.1 Å². The van der Waals surface area contributed by atoms with Crippen molar-refractivity contribution < 1.29 is 4.79 Å². The molecule has 0 aliphatic carbocycles. The molecule has 30 heavy (non-hydrogen) atoms. The van der Waals surface area contributed by atoms with E-state index in [0.29, 0.717) is 22.7 Å². The molecule has 0 atom stereocenters. The molecule has 0 bridgehead atoms. The monoisotopic (exact) mass is 406 g/mol. The molecule has 2 aromatic rings. The molecule has 0 radical (unpaired) electrons. The van der Waals surface area contributed by atoms with Gasteiger partial charge in [-0.2, -0.15) is 5.10 Å². The molecular weight excluding hydrogens is 372 g/mol. The number of carbonyl (C=O) groups excluding carboxylic acids is 1. The predicted molar refractivity (Wildman–Crippen MR) is 125 cm³/mol. The van der Waals surface area contributed by atoms with Gasteiger partial charge in [-0.15, -0.1) is 0 Å². The van der Waals surface area contributed by atoms with Gasteiger partial charge in [0.05, 0.1) is 11.9 Å². The Labute approximate surface area is 180 Å². The zero-order chi connectivity index (χ0) is 22.1. The van der Waals surface area contributed by atoms with Gasteiger partial charge in [-0.25, -0.2) is 0 Å². The Morgan fingerprint density at radius 1 is 1.23 bits per heavy atom. The summed E-state index contributed by atoms with van der Waals surface area (Å²) in [6.07, 6.45) is 15.3. The molecule has 0 spiro atoms. The van der Waals surface area contributed by atoms with Gasteiger partial charge in [-0.3, -0.25) is 14.5 Å². The first-order valence-electron chi connectivity index (χ1n) is 10.6. The Hall–Kier alpha value is -2.95. The fraction of sp³-hybridized carbons (Fsp3) is 0.400. The molecule has 2 rings (SSSR count). The van der Waals surface area contributed by atoms with Crippen LogP contribution in [-0.4, -0.2) is 27.1 Å². The Balaban J connectivity index is 2.28. The second-order valence-electron chi connectivity index (χ2n) is 7.92. The number of aromatic nitrogens is 3. The molecule has 2 aromatic heterocycles. The van der Waals surface area contributed by atoms with Crippen molar-refractivity contribution in [1.29, 1.82) is 0 Å². The Bertz CT molecular complexity index is 948. The Morgan fingerprint density at radius 3 is 2.60 bits per heavy atom. The first-order chi connectivity index (χ1) is 14.3. The van der Waals surface area contributed by atoms with E-state index in [9.17, 15) is 4.79 Å². The third kappa shape index (κ3) is 6.55. The molecule has 160 valence electrons. The van der Waals surface area contributed by atoms with Gasteiger partial charge in [0.1, 0.15) is 0 Å². The Morgan fingerprint density at radius 2 is 2.00 bits per heavy atom. The average Bonchev–Trinajstić information content (AvgIpc) is 3.15. The van der Waals surface area contributed by atoms with E-state index in [2.05, 4.69) is 29.2 Å². The van der Waals surface area contributed by atoms with Gasteiger partial charge in [-0.05, 0) is 57.7 Å². The van der Waals surface area contributed by atoms with Crippen molar-refractivity contribution >= 4 is 11.9 Å². The highest BCUT2D eigenvalue weighted by molar-refractivity contribution is 6.12. The first-order valence-corrected chi connectivity index (χ1v) is 10.6. The minimum Gasteiger partial charge on any atom is -0.389 e. The quantitative estimate of drug-likeness (QED) is 0.242. The van der Waals surface area contributed by atoms with E-state index in [1.165, 1.54) is 6.42 Å². The molecule has 0 aliphatic heterocycles. The summed E-state index contributed by atoms with van der Waals surface area (Å²) >= 11 is 0. The summed E-state index contributed by atoms with van der Waals surface area (Å²) in [6, 6.07) is 1.91. The molecule has 0 fully saturated rings. The van der Waals surface area contributed by atoms with E-state index in [1.807, 2.05) is 64.4 Å². The van der Waals surface area contributed by atoms with Crippen molar-refractivity contribution in [2.24, 2.45) is 13.0 Å². The maximum Gasteiger partial charge on any atom is 0.194 e. The first kappa shape index (κ1) is 23.3. The second kappa shape index (κ2) is 11.3. The van der Waals surface area contributed by atoms with Gasteiger partial charge >= 0.3 is 0 Å². The van der Waals surface area contributed by atoms with Crippen LogP contribution in [0.4, 0.5) is 0 Å². The number of rotatable bonds is 10. The summed E-state index contributed by atoms with van der Waals surface area (Å²) in [5, 5.41) is 7.64. The molecule has 5 heteroatoms. The molecule has 0 saturated carbocycles. The number of carbonyl (C=O) groups is 1. The number of nitrogens with zero attached hydrogens (tertiary/aromatic N) is 3. The van der Waals surface area contributed by atoms with E-state index < -0.39 is 0 Å². The maximum absolute atomic E-state index is 13.4. The minimum atomic E-state index is -0.0350. The lowest BCUT2D eigenvalue weighted by molar-refractivity contribution is 0.103. The number of aryl methyl sites for hydroxylation is 1. The lowest BCUT2D eigenvalue weighted by Crippen LogP contribution is -2.14. The fourth-order valence-corrected chi connectivity index (χ4v) is 3.19. The standard InChI is InChI=1S/C25H34N4O/c1-7-10-24-23(14-21(15-27-24)22-16-28-29(6)17-22)25(30)20(8-2)13-19(5)26-12-9-11-18(3)4/h7-8,10,13-18,26H,9,11-12H2,1-6H3/b10-7-,19-13+,20-8+. The number of hydrogen-bond donors (Lipinski definition) is 1. The number of nitrogens with one attached hydrogen (secondary N) is 1. The van der Waals surface area contributed by atoms with Crippen molar-refractivity contribution in [2.75, 3.05) is 6.54 Å². The molecule has 0 amide bonds. The minimum absolute atomic E-state index is 0.0350. The smallest absolute Gasteiger partial charge is 0.194 e.